The summed E-state index contributed by atoms with van der Waals surface area (Å²) in [5.74, 6) is -0.239. The third-order valence-corrected chi connectivity index (χ3v) is 2.58. The van der Waals surface area contributed by atoms with Crippen LogP contribution in [-0.4, -0.2) is 29.3 Å². The minimum Gasteiger partial charge on any atom is -0.393 e. The molecule has 0 bridgehead atoms. The van der Waals surface area contributed by atoms with E-state index in [1.165, 1.54) is 12.1 Å². The fourth-order valence-corrected chi connectivity index (χ4v) is 1.72. The summed E-state index contributed by atoms with van der Waals surface area (Å²) in [7, 11) is 0. The van der Waals surface area contributed by atoms with Crippen molar-refractivity contribution in [3.05, 3.63) is 30.1 Å². The van der Waals surface area contributed by atoms with Crippen molar-refractivity contribution in [1.29, 1.82) is 0 Å². The second-order valence-corrected chi connectivity index (χ2v) is 3.84. The smallest absolute Gasteiger partial charge is 0.125 e. The van der Waals surface area contributed by atoms with E-state index in [1.807, 2.05) is 11.1 Å². The van der Waals surface area contributed by atoms with Crippen LogP contribution >= 0.6 is 0 Å². The van der Waals surface area contributed by atoms with Gasteiger partial charge in [0.2, 0.25) is 0 Å². The molecule has 0 spiro atoms. The van der Waals surface area contributed by atoms with Gasteiger partial charge in [0, 0.05) is 13.1 Å². The zero-order valence-corrected chi connectivity index (χ0v) is 8.49. The molecular formula is C11H15FN2O. The van der Waals surface area contributed by atoms with Crippen molar-refractivity contribution in [1.82, 2.24) is 5.01 Å². The molecule has 0 atom stereocenters. The lowest BCUT2D eigenvalue weighted by Gasteiger charge is -2.30. The normalized spacial score (nSPS) is 19.1. The summed E-state index contributed by atoms with van der Waals surface area (Å²) in [4.78, 5) is 0. The van der Waals surface area contributed by atoms with Gasteiger partial charge in [-0.3, -0.25) is 0 Å². The van der Waals surface area contributed by atoms with E-state index in [2.05, 4.69) is 5.43 Å². The Morgan fingerprint density at radius 3 is 2.73 bits per heavy atom. The van der Waals surface area contributed by atoms with Gasteiger partial charge in [0.05, 0.1) is 11.8 Å². The second kappa shape index (κ2) is 4.59. The molecule has 2 rings (SSSR count). The second-order valence-electron chi connectivity index (χ2n) is 3.84. The largest absolute Gasteiger partial charge is 0.393 e. The van der Waals surface area contributed by atoms with Crippen molar-refractivity contribution in [3.63, 3.8) is 0 Å². The van der Waals surface area contributed by atoms with E-state index in [1.54, 1.807) is 6.07 Å². The minimum atomic E-state index is -0.239. The molecule has 0 amide bonds. The van der Waals surface area contributed by atoms with Gasteiger partial charge in [-0.05, 0) is 31.0 Å². The monoisotopic (exact) mass is 210 g/mol. The summed E-state index contributed by atoms with van der Waals surface area (Å²) < 4.78 is 12.9. The van der Waals surface area contributed by atoms with Crippen molar-refractivity contribution in [2.75, 3.05) is 18.5 Å². The summed E-state index contributed by atoms with van der Waals surface area (Å²) in [6.07, 6.45) is 1.35. The van der Waals surface area contributed by atoms with Crippen LogP contribution in [-0.2, 0) is 0 Å². The van der Waals surface area contributed by atoms with Gasteiger partial charge >= 0.3 is 0 Å². The lowest BCUT2D eigenvalue weighted by atomic mass is 10.1. The molecule has 0 aliphatic carbocycles. The van der Waals surface area contributed by atoms with E-state index >= 15 is 0 Å². The summed E-state index contributed by atoms with van der Waals surface area (Å²) in [6.45, 7) is 1.58. The SMILES string of the molecule is OC1CCN(Nc2cccc(F)c2)CC1. The van der Waals surface area contributed by atoms with Gasteiger partial charge in [0.15, 0.2) is 0 Å². The average molecular weight is 210 g/mol. The highest BCUT2D eigenvalue weighted by Gasteiger charge is 2.16. The molecule has 82 valence electrons. The standard InChI is InChI=1S/C11H15FN2O/c12-9-2-1-3-10(8-9)13-14-6-4-11(15)5-7-14/h1-3,8,11,13,15H,4-7H2. The highest BCUT2D eigenvalue weighted by atomic mass is 19.1. The predicted octanol–water partition coefficient (Wildman–Crippen LogP) is 1.61. The quantitative estimate of drug-likeness (QED) is 0.778. The number of nitrogens with zero attached hydrogens (tertiary/aromatic N) is 1. The number of rotatable bonds is 2. The Morgan fingerprint density at radius 1 is 1.33 bits per heavy atom. The Bertz CT molecular complexity index is 324. The Labute approximate surface area is 88.5 Å². The van der Waals surface area contributed by atoms with E-state index in [0.717, 1.165) is 31.6 Å². The molecule has 1 fully saturated rings. The average Bonchev–Trinajstić information content (AvgIpc) is 2.22. The Morgan fingerprint density at radius 2 is 2.07 bits per heavy atom. The van der Waals surface area contributed by atoms with Crippen LogP contribution in [0.2, 0.25) is 0 Å². The van der Waals surface area contributed by atoms with Gasteiger partial charge < -0.3 is 10.5 Å². The number of aliphatic hydroxyl groups is 1. The van der Waals surface area contributed by atoms with E-state index in [-0.39, 0.29) is 11.9 Å². The maximum absolute atomic E-state index is 12.9. The zero-order valence-electron chi connectivity index (χ0n) is 8.49. The van der Waals surface area contributed by atoms with Gasteiger partial charge in [-0.15, -0.1) is 0 Å². The van der Waals surface area contributed by atoms with Crippen LogP contribution in [0.5, 0.6) is 0 Å². The van der Waals surface area contributed by atoms with Gasteiger partial charge in [-0.25, -0.2) is 9.40 Å². The van der Waals surface area contributed by atoms with Crippen LogP contribution in [0.4, 0.5) is 10.1 Å². The van der Waals surface area contributed by atoms with E-state index in [9.17, 15) is 9.50 Å². The summed E-state index contributed by atoms with van der Waals surface area (Å²) in [5, 5.41) is 11.3. The molecule has 2 N–H and O–H groups in total. The highest BCUT2D eigenvalue weighted by Crippen LogP contribution is 2.14. The van der Waals surface area contributed by atoms with Gasteiger partial charge in [0.1, 0.15) is 5.82 Å². The Hall–Kier alpha value is -1.13. The number of halogens is 1. The number of hydrogen-bond acceptors (Lipinski definition) is 3. The van der Waals surface area contributed by atoms with E-state index < -0.39 is 0 Å². The van der Waals surface area contributed by atoms with Crippen molar-refractivity contribution in [2.24, 2.45) is 0 Å². The Balaban J connectivity index is 1.92. The first kappa shape index (κ1) is 10.4. The van der Waals surface area contributed by atoms with Crippen molar-refractivity contribution in [3.8, 4) is 0 Å². The minimum absolute atomic E-state index is 0.185. The molecule has 1 aliphatic heterocycles. The molecule has 1 aromatic rings. The van der Waals surface area contributed by atoms with Crippen LogP contribution in [0.25, 0.3) is 0 Å². The molecule has 1 heterocycles. The number of nitrogens with one attached hydrogen (secondary N) is 1. The maximum atomic E-state index is 12.9. The predicted molar refractivity (Wildman–Crippen MR) is 56.8 cm³/mol. The van der Waals surface area contributed by atoms with Gasteiger partial charge in [0.25, 0.3) is 0 Å². The lowest BCUT2D eigenvalue weighted by molar-refractivity contribution is 0.0936. The van der Waals surface area contributed by atoms with Crippen LogP contribution in [0, 0.1) is 5.82 Å². The third-order valence-electron chi connectivity index (χ3n) is 2.58. The number of benzene rings is 1. The zero-order chi connectivity index (χ0) is 10.7. The molecule has 1 saturated heterocycles. The van der Waals surface area contributed by atoms with Crippen LogP contribution < -0.4 is 5.43 Å². The number of anilines is 1. The van der Waals surface area contributed by atoms with Crippen LogP contribution in [0.1, 0.15) is 12.8 Å². The Kier molecular flexibility index (Phi) is 3.18. The van der Waals surface area contributed by atoms with Crippen LogP contribution in [0.15, 0.2) is 24.3 Å². The molecule has 4 heteroatoms. The number of piperidine rings is 1. The molecule has 15 heavy (non-hydrogen) atoms. The molecule has 0 aromatic heterocycles. The summed E-state index contributed by atoms with van der Waals surface area (Å²) >= 11 is 0. The fourth-order valence-electron chi connectivity index (χ4n) is 1.72. The van der Waals surface area contributed by atoms with Crippen molar-refractivity contribution in [2.45, 2.75) is 18.9 Å². The van der Waals surface area contributed by atoms with Crippen molar-refractivity contribution < 1.29 is 9.50 Å². The number of hydrazine groups is 1. The molecule has 0 unspecified atom stereocenters. The van der Waals surface area contributed by atoms with Gasteiger partial charge in [-0.2, -0.15) is 0 Å². The fraction of sp³-hybridized carbons (Fsp3) is 0.455. The first-order valence-corrected chi connectivity index (χ1v) is 5.19. The first-order chi connectivity index (χ1) is 7.24. The molecule has 1 aromatic carbocycles. The lowest BCUT2D eigenvalue weighted by Crippen LogP contribution is -2.39. The molecule has 1 aliphatic rings. The summed E-state index contributed by atoms with van der Waals surface area (Å²) in [6, 6.07) is 6.39. The van der Waals surface area contributed by atoms with Crippen LogP contribution in [0.3, 0.4) is 0 Å². The molecular weight excluding hydrogens is 195 g/mol. The molecule has 3 nitrogen and oxygen atoms in total. The molecule has 0 radical (unpaired) electrons. The van der Waals surface area contributed by atoms with E-state index in [4.69, 9.17) is 0 Å². The highest BCUT2D eigenvalue weighted by molar-refractivity contribution is 5.42. The number of hydrogen-bond donors (Lipinski definition) is 2. The van der Waals surface area contributed by atoms with Gasteiger partial charge in [-0.1, -0.05) is 6.07 Å². The van der Waals surface area contributed by atoms with Crippen molar-refractivity contribution >= 4 is 5.69 Å². The number of aliphatic hydroxyl groups excluding tert-OH is 1. The van der Waals surface area contributed by atoms with E-state index in [0.29, 0.717) is 0 Å². The topological polar surface area (TPSA) is 35.5 Å². The maximum Gasteiger partial charge on any atom is 0.125 e. The first-order valence-electron chi connectivity index (χ1n) is 5.19. The molecule has 0 saturated carbocycles. The third kappa shape index (κ3) is 2.91. The summed E-state index contributed by atoms with van der Waals surface area (Å²) in [5.41, 5.74) is 3.88.